The van der Waals surface area contributed by atoms with Gasteiger partial charge in [0.2, 0.25) is 5.89 Å². The predicted molar refractivity (Wildman–Crippen MR) is 97.4 cm³/mol. The third-order valence-corrected chi connectivity index (χ3v) is 5.07. The molecule has 1 fully saturated rings. The summed E-state index contributed by atoms with van der Waals surface area (Å²) in [6.45, 7) is 5.54. The molecule has 0 atom stereocenters. The van der Waals surface area contributed by atoms with E-state index in [9.17, 15) is 4.79 Å². The molecule has 1 aliphatic heterocycles. The van der Waals surface area contributed by atoms with Crippen molar-refractivity contribution in [2.24, 2.45) is 0 Å². The van der Waals surface area contributed by atoms with E-state index in [1.54, 1.807) is 4.90 Å². The number of amides is 1. The fourth-order valence-corrected chi connectivity index (χ4v) is 3.29. The van der Waals surface area contributed by atoms with Crippen LogP contribution in [-0.2, 0) is 19.5 Å². The van der Waals surface area contributed by atoms with E-state index >= 15 is 0 Å². The first-order valence-corrected chi connectivity index (χ1v) is 9.13. The summed E-state index contributed by atoms with van der Waals surface area (Å²) < 4.78 is 7.43. The van der Waals surface area contributed by atoms with E-state index in [0.29, 0.717) is 36.4 Å². The second-order valence-corrected chi connectivity index (χ2v) is 6.73. The maximum Gasteiger partial charge on any atom is 0.274 e. The van der Waals surface area contributed by atoms with Crippen molar-refractivity contribution in [2.75, 3.05) is 19.6 Å². The van der Waals surface area contributed by atoms with Crippen molar-refractivity contribution in [3.05, 3.63) is 29.4 Å². The predicted octanol–water partition coefficient (Wildman–Crippen LogP) is 1.76. The highest BCUT2D eigenvalue weighted by Crippen LogP contribution is 2.35. The van der Waals surface area contributed by atoms with Gasteiger partial charge in [0.15, 0.2) is 5.82 Å². The average molecular weight is 381 g/mol. The van der Waals surface area contributed by atoms with Gasteiger partial charge in [-0.25, -0.2) is 4.98 Å². The summed E-state index contributed by atoms with van der Waals surface area (Å²) in [6, 6.07) is 0. The van der Waals surface area contributed by atoms with E-state index in [1.807, 2.05) is 13.1 Å². The first-order valence-electron chi connectivity index (χ1n) is 9.13. The highest BCUT2D eigenvalue weighted by molar-refractivity contribution is 5.92. The second-order valence-electron chi connectivity index (χ2n) is 6.73. The molecule has 0 bridgehead atoms. The normalized spacial score (nSPS) is 17.0. The molecule has 2 aromatic heterocycles. The Labute approximate surface area is 158 Å². The minimum absolute atomic E-state index is 0. The van der Waals surface area contributed by atoms with Gasteiger partial charge < -0.3 is 19.3 Å². The number of fused-ring (bicyclic) bond motifs is 1. The van der Waals surface area contributed by atoms with Crippen LogP contribution in [0.15, 0.2) is 10.7 Å². The fourth-order valence-electron chi connectivity index (χ4n) is 3.29. The molecular formula is C17H25ClN6O2. The van der Waals surface area contributed by atoms with Gasteiger partial charge in [-0.05, 0) is 19.8 Å². The van der Waals surface area contributed by atoms with Crippen LogP contribution in [0.3, 0.4) is 0 Å². The Kier molecular flexibility index (Phi) is 5.93. The van der Waals surface area contributed by atoms with E-state index in [2.05, 4.69) is 25.0 Å². The molecule has 2 aliphatic rings. The number of nitrogens with zero attached hydrogens (tertiary/aromatic N) is 5. The largest absolute Gasteiger partial charge is 0.339 e. The summed E-state index contributed by atoms with van der Waals surface area (Å²) in [7, 11) is 0. The van der Waals surface area contributed by atoms with Gasteiger partial charge in [0.25, 0.3) is 5.91 Å². The summed E-state index contributed by atoms with van der Waals surface area (Å²) in [5.41, 5.74) is 0.501. The molecule has 0 aromatic carbocycles. The molecule has 1 N–H and O–H groups in total. The monoisotopic (exact) mass is 380 g/mol. The molecule has 0 radical (unpaired) electrons. The van der Waals surface area contributed by atoms with Crippen molar-refractivity contribution in [1.29, 1.82) is 0 Å². The van der Waals surface area contributed by atoms with Crippen LogP contribution < -0.4 is 5.32 Å². The number of hydrogen-bond donors (Lipinski definition) is 1. The molecule has 8 nitrogen and oxygen atoms in total. The summed E-state index contributed by atoms with van der Waals surface area (Å²) >= 11 is 0. The van der Waals surface area contributed by atoms with Crippen LogP contribution >= 0.6 is 12.4 Å². The minimum Gasteiger partial charge on any atom is -0.339 e. The molecule has 3 heterocycles. The Morgan fingerprint density at radius 3 is 2.96 bits per heavy atom. The van der Waals surface area contributed by atoms with Crippen molar-refractivity contribution < 1.29 is 9.32 Å². The average Bonchev–Trinajstić information content (AvgIpc) is 3.12. The molecule has 0 unspecified atom stereocenters. The van der Waals surface area contributed by atoms with E-state index in [0.717, 1.165) is 44.7 Å². The Bertz CT molecular complexity index is 731. The minimum atomic E-state index is -0.0778. The molecule has 2 aromatic rings. The molecule has 4 rings (SSSR count). The molecule has 0 spiro atoms. The molecule has 142 valence electrons. The zero-order valence-corrected chi connectivity index (χ0v) is 15.8. The van der Waals surface area contributed by atoms with Crippen molar-refractivity contribution in [1.82, 2.24) is 29.9 Å². The topological polar surface area (TPSA) is 89.1 Å². The Morgan fingerprint density at radius 1 is 1.38 bits per heavy atom. The lowest BCUT2D eigenvalue weighted by Gasteiger charge is -2.20. The van der Waals surface area contributed by atoms with Crippen LogP contribution in [0.1, 0.15) is 60.1 Å². The summed E-state index contributed by atoms with van der Waals surface area (Å²) in [6.07, 6.45) is 6.17. The summed E-state index contributed by atoms with van der Waals surface area (Å²) in [5, 5.41) is 7.38. The van der Waals surface area contributed by atoms with Gasteiger partial charge in [0.1, 0.15) is 11.5 Å². The number of aromatic nitrogens is 4. The number of hydrogen-bond acceptors (Lipinski definition) is 6. The van der Waals surface area contributed by atoms with Crippen LogP contribution in [0.2, 0.25) is 0 Å². The number of imidazole rings is 1. The molecule has 1 aliphatic carbocycles. The van der Waals surface area contributed by atoms with Crippen LogP contribution in [0.4, 0.5) is 0 Å². The zero-order valence-electron chi connectivity index (χ0n) is 15.0. The number of carbonyl (C=O) groups excluding carboxylic acids is 1. The third-order valence-electron chi connectivity index (χ3n) is 5.07. The maximum absolute atomic E-state index is 12.8. The van der Waals surface area contributed by atoms with Gasteiger partial charge in [-0.15, -0.1) is 12.4 Å². The number of nitrogens with one attached hydrogen (secondary N) is 1. The van der Waals surface area contributed by atoms with Gasteiger partial charge in [0.05, 0.1) is 6.54 Å². The fraction of sp³-hybridized carbons (Fsp3) is 0.647. The molecular weight excluding hydrogens is 356 g/mol. The van der Waals surface area contributed by atoms with Crippen molar-refractivity contribution in [3.8, 4) is 0 Å². The van der Waals surface area contributed by atoms with E-state index in [1.165, 1.54) is 6.42 Å². The van der Waals surface area contributed by atoms with Crippen LogP contribution in [0, 0.1) is 0 Å². The number of carbonyl (C=O) groups is 1. The molecule has 9 heteroatoms. The first kappa shape index (κ1) is 18.8. The van der Waals surface area contributed by atoms with E-state index < -0.39 is 0 Å². The smallest absolute Gasteiger partial charge is 0.274 e. The highest BCUT2D eigenvalue weighted by Gasteiger charge is 2.27. The Balaban J connectivity index is 0.00000196. The van der Waals surface area contributed by atoms with Crippen LogP contribution in [-0.4, -0.2) is 50.1 Å². The van der Waals surface area contributed by atoms with Gasteiger partial charge in [-0.1, -0.05) is 11.6 Å². The third kappa shape index (κ3) is 3.76. The standard InChI is InChI=1S/C17H24N6O2.ClH/c1-2-22(11-14-20-16(25-21-14)12-4-3-5-12)17(24)13-10-23-9-8-18-7-6-15(23)19-13;/h10,12,18H,2-9,11H2,1H3;1H. The van der Waals surface area contributed by atoms with Crippen molar-refractivity contribution in [3.63, 3.8) is 0 Å². The SMILES string of the molecule is CCN(Cc1noc(C2CCC2)n1)C(=O)c1cn2c(n1)CCNCC2.Cl. The van der Waals surface area contributed by atoms with Crippen molar-refractivity contribution in [2.45, 2.75) is 51.6 Å². The first-order chi connectivity index (χ1) is 12.2. The Morgan fingerprint density at radius 2 is 2.23 bits per heavy atom. The second kappa shape index (κ2) is 8.18. The summed E-state index contributed by atoms with van der Waals surface area (Å²) in [4.78, 5) is 23.6. The van der Waals surface area contributed by atoms with Crippen LogP contribution in [0.5, 0.6) is 0 Å². The molecule has 0 saturated heterocycles. The Hall–Kier alpha value is -1.93. The van der Waals surface area contributed by atoms with E-state index in [-0.39, 0.29) is 18.3 Å². The van der Waals surface area contributed by atoms with E-state index in [4.69, 9.17) is 4.52 Å². The highest BCUT2D eigenvalue weighted by atomic mass is 35.5. The lowest BCUT2D eigenvalue weighted by atomic mass is 9.85. The molecule has 1 amide bonds. The van der Waals surface area contributed by atoms with Crippen LogP contribution in [0.25, 0.3) is 0 Å². The van der Waals surface area contributed by atoms with Gasteiger partial charge in [0, 0.05) is 44.7 Å². The van der Waals surface area contributed by atoms with Gasteiger partial charge in [-0.2, -0.15) is 4.98 Å². The lowest BCUT2D eigenvalue weighted by Crippen LogP contribution is -2.31. The molecule has 26 heavy (non-hydrogen) atoms. The summed E-state index contributed by atoms with van der Waals surface area (Å²) in [5.74, 6) is 2.58. The van der Waals surface area contributed by atoms with Crippen molar-refractivity contribution >= 4 is 18.3 Å². The molecule has 1 saturated carbocycles. The lowest BCUT2D eigenvalue weighted by molar-refractivity contribution is 0.0741. The number of rotatable bonds is 5. The van der Waals surface area contributed by atoms with Gasteiger partial charge >= 0.3 is 0 Å². The quantitative estimate of drug-likeness (QED) is 0.850. The van der Waals surface area contributed by atoms with Gasteiger partial charge in [-0.3, -0.25) is 4.79 Å². The maximum atomic E-state index is 12.8. The number of halogens is 1. The zero-order chi connectivity index (χ0) is 17.2.